The van der Waals surface area contributed by atoms with Crippen molar-refractivity contribution in [2.45, 2.75) is 381 Å². The second-order valence-electron chi connectivity index (χ2n) is 26.6. The van der Waals surface area contributed by atoms with E-state index in [-0.39, 0.29) is 25.7 Å². The molecule has 0 aliphatic carbocycles. The molecule has 0 saturated carbocycles. The van der Waals surface area contributed by atoms with Crippen LogP contribution in [0.5, 0.6) is 0 Å². The minimum atomic E-state index is -4.95. The molecule has 3 N–H and O–H groups in total. The van der Waals surface area contributed by atoms with Crippen molar-refractivity contribution < 1.29 is 80.2 Å². The number of phosphoric acid groups is 2. The van der Waals surface area contributed by atoms with Gasteiger partial charge < -0.3 is 33.8 Å². The van der Waals surface area contributed by atoms with Crippen LogP contribution in [0.2, 0.25) is 0 Å². The van der Waals surface area contributed by atoms with Gasteiger partial charge in [0.1, 0.15) is 19.3 Å². The molecule has 0 aromatic heterocycles. The van der Waals surface area contributed by atoms with Gasteiger partial charge in [-0.1, -0.05) is 311 Å². The number of aliphatic hydroxyl groups is 1. The molecule has 0 aliphatic rings. The van der Waals surface area contributed by atoms with Crippen LogP contribution in [0.1, 0.15) is 363 Å². The molecule has 0 bridgehead atoms. The van der Waals surface area contributed by atoms with Gasteiger partial charge in [-0.2, -0.15) is 0 Å². The third-order valence-electron chi connectivity index (χ3n) is 16.5. The highest BCUT2D eigenvalue weighted by atomic mass is 31.2. The fourth-order valence-electron chi connectivity index (χ4n) is 10.8. The van der Waals surface area contributed by atoms with Crippen LogP contribution < -0.4 is 0 Å². The third-order valence-corrected chi connectivity index (χ3v) is 18.4. The Morgan fingerprint density at radius 1 is 0.300 bits per heavy atom. The lowest BCUT2D eigenvalue weighted by atomic mass is 10.0. The monoisotopic (exact) mass is 1320 g/mol. The van der Waals surface area contributed by atoms with Gasteiger partial charge in [-0.3, -0.25) is 37.3 Å². The van der Waals surface area contributed by atoms with E-state index in [1.54, 1.807) is 0 Å². The van der Waals surface area contributed by atoms with Crippen LogP contribution in [-0.2, 0) is 65.4 Å². The van der Waals surface area contributed by atoms with Crippen LogP contribution in [-0.4, -0.2) is 96.7 Å². The number of carbonyl (C=O) groups excluding carboxylic acids is 4. The van der Waals surface area contributed by atoms with Gasteiger partial charge in [-0.15, -0.1) is 0 Å². The first-order valence-corrected chi connectivity index (χ1v) is 40.0. The Labute approximate surface area is 549 Å². The summed E-state index contributed by atoms with van der Waals surface area (Å²) in [5, 5.41) is 10.6. The molecule has 0 radical (unpaired) electrons. The zero-order chi connectivity index (χ0) is 66.5. The maximum Gasteiger partial charge on any atom is 0.472 e. The average molecular weight is 1330 g/mol. The summed E-state index contributed by atoms with van der Waals surface area (Å²) in [6.07, 6.45) is 49.2. The minimum Gasteiger partial charge on any atom is -0.462 e. The third kappa shape index (κ3) is 64.8. The Kier molecular flexibility index (Phi) is 61.8. The topological polar surface area (TPSA) is 237 Å². The number of phosphoric ester groups is 2. The minimum absolute atomic E-state index is 0.103. The van der Waals surface area contributed by atoms with Crippen LogP contribution >= 0.6 is 15.6 Å². The second-order valence-corrected chi connectivity index (χ2v) is 29.5. The first-order valence-electron chi connectivity index (χ1n) is 37.0. The molecule has 0 rings (SSSR count). The zero-order valence-corrected chi connectivity index (χ0v) is 60.2. The van der Waals surface area contributed by atoms with Crippen LogP contribution in [0.3, 0.4) is 0 Å². The summed E-state index contributed by atoms with van der Waals surface area (Å²) in [4.78, 5) is 72.2. The Bertz CT molecular complexity index is 1750. The predicted molar refractivity (Wildman–Crippen MR) is 363 cm³/mol. The molecule has 5 atom stereocenters. The van der Waals surface area contributed by atoms with Crippen molar-refractivity contribution in [3.05, 3.63) is 0 Å². The highest BCUT2D eigenvalue weighted by Gasteiger charge is 2.30. The van der Waals surface area contributed by atoms with E-state index in [0.717, 1.165) is 102 Å². The van der Waals surface area contributed by atoms with E-state index in [0.29, 0.717) is 31.6 Å². The molecule has 0 aromatic carbocycles. The first-order chi connectivity index (χ1) is 43.4. The van der Waals surface area contributed by atoms with Gasteiger partial charge in [-0.25, -0.2) is 9.13 Å². The first kappa shape index (κ1) is 88.1. The molecule has 2 unspecified atom stereocenters. The highest BCUT2D eigenvalue weighted by molar-refractivity contribution is 7.47. The van der Waals surface area contributed by atoms with Crippen molar-refractivity contribution >= 4 is 39.5 Å². The van der Waals surface area contributed by atoms with Crippen LogP contribution in [0.15, 0.2) is 0 Å². The fraction of sp³-hybridized carbons (Fsp3) is 0.944. The lowest BCUT2D eigenvalue weighted by molar-refractivity contribution is -0.161. The zero-order valence-electron chi connectivity index (χ0n) is 58.4. The van der Waals surface area contributed by atoms with E-state index in [9.17, 15) is 43.2 Å². The number of rotatable bonds is 70. The Balaban J connectivity index is 5.11. The van der Waals surface area contributed by atoms with E-state index >= 15 is 0 Å². The maximum atomic E-state index is 13.0. The number of unbranched alkanes of at least 4 members (excludes halogenated alkanes) is 40. The molecule has 17 nitrogen and oxygen atoms in total. The predicted octanol–water partition coefficient (Wildman–Crippen LogP) is 20.4. The van der Waals surface area contributed by atoms with Gasteiger partial charge in [0.2, 0.25) is 0 Å². The Morgan fingerprint density at radius 3 is 0.756 bits per heavy atom. The van der Waals surface area contributed by atoms with Crippen LogP contribution in [0.4, 0.5) is 0 Å². The van der Waals surface area contributed by atoms with Gasteiger partial charge in [0.15, 0.2) is 12.2 Å². The van der Waals surface area contributed by atoms with Crippen molar-refractivity contribution in [2.24, 2.45) is 11.8 Å². The Morgan fingerprint density at radius 2 is 0.511 bits per heavy atom. The molecule has 0 heterocycles. The lowest BCUT2D eigenvalue weighted by Gasteiger charge is -2.21. The number of carbonyl (C=O) groups is 4. The summed E-state index contributed by atoms with van der Waals surface area (Å²) in [6.45, 7) is 9.44. The fourth-order valence-corrected chi connectivity index (χ4v) is 12.3. The molecule has 19 heteroatoms. The van der Waals surface area contributed by atoms with Crippen molar-refractivity contribution in [1.29, 1.82) is 0 Å². The second kappa shape index (κ2) is 63.1. The summed E-state index contributed by atoms with van der Waals surface area (Å²) in [6, 6.07) is 0. The van der Waals surface area contributed by atoms with Gasteiger partial charge in [-0.05, 0) is 37.5 Å². The molecular formula is C71H138O17P2. The van der Waals surface area contributed by atoms with E-state index in [1.807, 2.05) is 0 Å². The smallest absolute Gasteiger partial charge is 0.462 e. The highest BCUT2D eigenvalue weighted by Crippen LogP contribution is 2.45. The molecular weight excluding hydrogens is 1190 g/mol. The number of hydrogen-bond acceptors (Lipinski definition) is 15. The largest absolute Gasteiger partial charge is 0.472 e. The van der Waals surface area contributed by atoms with E-state index in [2.05, 4.69) is 41.5 Å². The molecule has 0 fully saturated rings. The summed E-state index contributed by atoms with van der Waals surface area (Å²) in [5.74, 6) is -0.620. The summed E-state index contributed by atoms with van der Waals surface area (Å²) < 4.78 is 68.0. The van der Waals surface area contributed by atoms with Gasteiger partial charge in [0.05, 0.1) is 26.4 Å². The molecule has 0 aromatic rings. The average Bonchev–Trinajstić information content (AvgIpc) is 2.93. The molecule has 0 spiro atoms. The molecule has 0 amide bonds. The molecule has 534 valence electrons. The van der Waals surface area contributed by atoms with E-state index in [1.165, 1.54) is 173 Å². The number of hydrogen-bond donors (Lipinski definition) is 3. The summed E-state index contributed by atoms with van der Waals surface area (Å²) >= 11 is 0. The number of esters is 4. The molecule has 0 saturated heterocycles. The maximum absolute atomic E-state index is 13.0. The molecule has 90 heavy (non-hydrogen) atoms. The van der Waals surface area contributed by atoms with Crippen LogP contribution in [0.25, 0.3) is 0 Å². The standard InChI is InChI=1S/C71H138O17P2/c1-7-9-11-13-14-15-16-17-25-28-31-36-42-48-54-69(74)82-60-67(88-70(75)55-49-43-37-32-29-26-23-21-19-18-20-22-24-27-30-34-40-45-51-63(3)4)62-86-90(79,80)84-58-65(72)57-83-89(77,78)85-61-66(59-81-68(73)53-47-39-12-10-8-2)87-71(76)56-50-44-38-33-35-41-46-52-64(5)6/h63-67,72H,7-62H2,1-6H3,(H,77,78)(H,79,80)/t65-,66+,67+/m0/s1. The normalized spacial score (nSPS) is 14.1. The number of ether oxygens (including phenoxy) is 4. The van der Waals surface area contributed by atoms with Crippen LogP contribution in [0, 0.1) is 11.8 Å². The summed E-state index contributed by atoms with van der Waals surface area (Å²) in [7, 11) is -9.89. The van der Waals surface area contributed by atoms with Gasteiger partial charge in [0.25, 0.3) is 0 Å². The van der Waals surface area contributed by atoms with E-state index in [4.69, 9.17) is 37.0 Å². The molecule has 0 aliphatic heterocycles. The van der Waals surface area contributed by atoms with Gasteiger partial charge in [0, 0.05) is 25.7 Å². The summed E-state index contributed by atoms with van der Waals surface area (Å²) in [5.41, 5.74) is 0. The SMILES string of the molecule is CCCCCCCCCCCCCCCCC(=O)OC[C@H](COP(=O)(O)OC[C@@H](O)COP(=O)(O)OC[C@@H](COC(=O)CCCCCCC)OC(=O)CCCCCCCCCC(C)C)OC(=O)CCCCCCCCCCCCCCCCCCCCC(C)C. The van der Waals surface area contributed by atoms with Crippen molar-refractivity contribution in [3.63, 3.8) is 0 Å². The number of aliphatic hydroxyl groups excluding tert-OH is 1. The quantitative estimate of drug-likeness (QED) is 0.0222. The van der Waals surface area contributed by atoms with E-state index < -0.39 is 97.5 Å². The Hall–Kier alpha value is -1.94. The van der Waals surface area contributed by atoms with Crippen molar-refractivity contribution in [3.8, 4) is 0 Å². The van der Waals surface area contributed by atoms with Gasteiger partial charge >= 0.3 is 39.5 Å². The lowest BCUT2D eigenvalue weighted by Crippen LogP contribution is -2.30. The van der Waals surface area contributed by atoms with Crippen molar-refractivity contribution in [1.82, 2.24) is 0 Å². The van der Waals surface area contributed by atoms with Crippen molar-refractivity contribution in [2.75, 3.05) is 39.6 Å².